The standard InChI is InChI=1S/C28H32N4O2S2/c1-5-21-20-14-34-28(3,4)13-19(20)23-24-25(36-26(23)32-21)27(30-16-29-24)35-15-22(33)31-17(2)11-12-18-9-7-6-8-10-18/h6-10,16-17H,5,11-15H2,1-4H3,(H,31,33)/t17-/m1/s1. The van der Waals surface area contributed by atoms with Gasteiger partial charge in [-0.25, -0.2) is 15.0 Å². The fraction of sp³-hybridized carbons (Fsp3) is 0.429. The van der Waals surface area contributed by atoms with Crippen molar-refractivity contribution in [1.82, 2.24) is 20.3 Å². The Morgan fingerprint density at radius 1 is 1.22 bits per heavy atom. The second kappa shape index (κ2) is 10.4. The van der Waals surface area contributed by atoms with Gasteiger partial charge in [0.15, 0.2) is 0 Å². The van der Waals surface area contributed by atoms with Crippen LogP contribution in [0.5, 0.6) is 0 Å². The van der Waals surface area contributed by atoms with Gasteiger partial charge in [0.2, 0.25) is 5.91 Å². The lowest BCUT2D eigenvalue weighted by molar-refractivity contribution is -0.119. The fourth-order valence-electron chi connectivity index (χ4n) is 4.80. The summed E-state index contributed by atoms with van der Waals surface area (Å²) in [4.78, 5) is 27.9. The van der Waals surface area contributed by atoms with Gasteiger partial charge in [0.25, 0.3) is 0 Å². The first-order valence-electron chi connectivity index (χ1n) is 12.5. The number of ether oxygens (including phenoxy) is 1. The third-order valence-electron chi connectivity index (χ3n) is 6.67. The Labute approximate surface area is 220 Å². The summed E-state index contributed by atoms with van der Waals surface area (Å²) in [5.74, 6) is 0.346. The zero-order chi connectivity index (χ0) is 25.3. The van der Waals surface area contributed by atoms with Crippen LogP contribution in [0.3, 0.4) is 0 Å². The minimum Gasteiger partial charge on any atom is -0.370 e. The van der Waals surface area contributed by atoms with Gasteiger partial charge in [-0.1, -0.05) is 49.0 Å². The van der Waals surface area contributed by atoms with Crippen molar-refractivity contribution >= 4 is 49.4 Å². The summed E-state index contributed by atoms with van der Waals surface area (Å²) in [6.07, 6.45) is 5.16. The van der Waals surface area contributed by atoms with Crippen LogP contribution >= 0.6 is 23.1 Å². The molecule has 1 amide bonds. The number of nitrogens with one attached hydrogen (secondary N) is 1. The highest BCUT2D eigenvalue weighted by molar-refractivity contribution is 8.00. The van der Waals surface area contributed by atoms with Gasteiger partial charge in [0.1, 0.15) is 16.2 Å². The van der Waals surface area contributed by atoms with Crippen LogP contribution < -0.4 is 5.32 Å². The zero-order valence-corrected chi connectivity index (χ0v) is 22.9. The number of benzene rings is 1. The van der Waals surface area contributed by atoms with Gasteiger partial charge >= 0.3 is 0 Å². The number of fused-ring (bicyclic) bond motifs is 5. The van der Waals surface area contributed by atoms with Crippen LogP contribution in [0, 0.1) is 0 Å². The van der Waals surface area contributed by atoms with E-state index >= 15 is 0 Å². The van der Waals surface area contributed by atoms with E-state index in [2.05, 4.69) is 67.2 Å². The third kappa shape index (κ3) is 5.26. The van der Waals surface area contributed by atoms with E-state index in [1.165, 1.54) is 28.5 Å². The maximum Gasteiger partial charge on any atom is 0.230 e. The van der Waals surface area contributed by atoms with Gasteiger partial charge < -0.3 is 10.1 Å². The van der Waals surface area contributed by atoms with Crippen molar-refractivity contribution in [3.05, 3.63) is 59.0 Å². The molecule has 0 spiro atoms. The second-order valence-corrected chi connectivity index (χ2v) is 12.0. The molecule has 0 radical (unpaired) electrons. The SMILES string of the molecule is CCc1nc2sc3c(SCC(=O)N[C@H](C)CCc4ccccc4)ncnc3c2c2c1COC(C)(C)C2. The molecule has 188 valence electrons. The average molecular weight is 521 g/mol. The normalized spacial score (nSPS) is 15.7. The van der Waals surface area contributed by atoms with Gasteiger partial charge in [-0.15, -0.1) is 11.3 Å². The Kier molecular flexibility index (Phi) is 7.28. The largest absolute Gasteiger partial charge is 0.370 e. The fourth-order valence-corrected chi connectivity index (χ4v) is 6.86. The molecule has 1 aliphatic heterocycles. The Morgan fingerprint density at radius 2 is 2.03 bits per heavy atom. The first-order valence-corrected chi connectivity index (χ1v) is 14.3. The zero-order valence-electron chi connectivity index (χ0n) is 21.3. The molecule has 8 heteroatoms. The van der Waals surface area contributed by atoms with Crippen LogP contribution in [0.15, 0.2) is 41.7 Å². The molecule has 0 bridgehead atoms. The number of thiophene rings is 1. The molecule has 4 heterocycles. The molecule has 0 saturated carbocycles. The molecule has 0 fully saturated rings. The molecule has 5 rings (SSSR count). The van der Waals surface area contributed by atoms with E-state index in [1.54, 1.807) is 17.7 Å². The Hall–Kier alpha value is -2.55. The molecule has 1 aliphatic rings. The van der Waals surface area contributed by atoms with Gasteiger partial charge in [0.05, 0.1) is 28.2 Å². The van der Waals surface area contributed by atoms with Crippen LogP contribution in [-0.4, -0.2) is 38.3 Å². The second-order valence-electron chi connectivity index (χ2n) is 10.0. The van der Waals surface area contributed by atoms with Crippen molar-refractivity contribution < 1.29 is 9.53 Å². The van der Waals surface area contributed by atoms with E-state index in [4.69, 9.17) is 9.72 Å². The highest BCUT2D eigenvalue weighted by Gasteiger charge is 2.31. The van der Waals surface area contributed by atoms with E-state index in [0.29, 0.717) is 12.4 Å². The molecule has 0 saturated heterocycles. The topological polar surface area (TPSA) is 77.0 Å². The summed E-state index contributed by atoms with van der Waals surface area (Å²) < 4.78 is 7.13. The van der Waals surface area contributed by atoms with Gasteiger partial charge in [-0.3, -0.25) is 4.79 Å². The van der Waals surface area contributed by atoms with Gasteiger partial charge in [-0.05, 0) is 51.2 Å². The summed E-state index contributed by atoms with van der Waals surface area (Å²) in [6, 6.07) is 10.5. The Bertz CT molecular complexity index is 1400. The smallest absolute Gasteiger partial charge is 0.230 e. The number of thioether (sulfide) groups is 1. The van der Waals surface area contributed by atoms with Crippen LogP contribution in [0.2, 0.25) is 0 Å². The molecule has 3 aromatic heterocycles. The number of pyridine rings is 1. The molecule has 1 aromatic carbocycles. The van der Waals surface area contributed by atoms with Gasteiger partial charge in [-0.2, -0.15) is 0 Å². The van der Waals surface area contributed by atoms with Crippen molar-refractivity contribution in [2.75, 3.05) is 5.75 Å². The van der Waals surface area contributed by atoms with Crippen molar-refractivity contribution in [3.8, 4) is 0 Å². The van der Waals surface area contributed by atoms with Crippen molar-refractivity contribution in [2.24, 2.45) is 0 Å². The molecule has 1 atom stereocenters. The monoisotopic (exact) mass is 520 g/mol. The van der Waals surface area contributed by atoms with Crippen molar-refractivity contribution in [1.29, 1.82) is 0 Å². The molecule has 0 aliphatic carbocycles. The number of aromatic nitrogens is 3. The Morgan fingerprint density at radius 3 is 2.81 bits per heavy atom. The number of aryl methyl sites for hydroxylation is 2. The summed E-state index contributed by atoms with van der Waals surface area (Å²) >= 11 is 3.10. The number of carbonyl (C=O) groups is 1. The number of rotatable bonds is 8. The average Bonchev–Trinajstić information content (AvgIpc) is 3.25. The molecule has 1 N–H and O–H groups in total. The molecular weight excluding hydrogens is 488 g/mol. The third-order valence-corrected chi connectivity index (χ3v) is 8.87. The van der Waals surface area contributed by atoms with E-state index in [-0.39, 0.29) is 17.6 Å². The van der Waals surface area contributed by atoms with Crippen LogP contribution in [0.25, 0.3) is 20.4 Å². The van der Waals surface area contributed by atoms with Gasteiger partial charge in [0, 0.05) is 29.1 Å². The summed E-state index contributed by atoms with van der Waals surface area (Å²) in [5.41, 5.74) is 5.62. The molecule has 6 nitrogen and oxygen atoms in total. The molecule has 0 unspecified atom stereocenters. The molecule has 36 heavy (non-hydrogen) atoms. The van der Waals surface area contributed by atoms with Crippen molar-refractivity contribution in [2.45, 2.75) is 76.7 Å². The van der Waals surface area contributed by atoms with E-state index < -0.39 is 0 Å². The summed E-state index contributed by atoms with van der Waals surface area (Å²) in [6.45, 7) is 9.06. The maximum absolute atomic E-state index is 12.7. The van der Waals surface area contributed by atoms with Crippen molar-refractivity contribution in [3.63, 3.8) is 0 Å². The number of carbonyl (C=O) groups excluding carboxylic acids is 1. The highest BCUT2D eigenvalue weighted by atomic mass is 32.2. The number of hydrogen-bond acceptors (Lipinski definition) is 7. The van der Waals surface area contributed by atoms with Crippen LogP contribution in [0.4, 0.5) is 0 Å². The highest BCUT2D eigenvalue weighted by Crippen LogP contribution is 2.42. The maximum atomic E-state index is 12.7. The summed E-state index contributed by atoms with van der Waals surface area (Å²) in [5, 5.41) is 5.10. The number of hydrogen-bond donors (Lipinski definition) is 1. The first kappa shape index (κ1) is 25.1. The Balaban J connectivity index is 1.34. The number of nitrogens with zero attached hydrogens (tertiary/aromatic N) is 3. The predicted octanol–water partition coefficient (Wildman–Crippen LogP) is 5.88. The molecular formula is C28H32N4O2S2. The first-order chi connectivity index (χ1) is 17.3. The minimum absolute atomic E-state index is 0.0242. The van der Waals surface area contributed by atoms with E-state index in [0.717, 1.165) is 56.8 Å². The predicted molar refractivity (Wildman–Crippen MR) is 148 cm³/mol. The lowest BCUT2D eigenvalue weighted by atomic mass is 9.89. The van der Waals surface area contributed by atoms with Crippen LogP contribution in [-0.2, 0) is 35.4 Å². The summed E-state index contributed by atoms with van der Waals surface area (Å²) in [7, 11) is 0. The lowest BCUT2D eigenvalue weighted by Crippen LogP contribution is -2.34. The quantitative estimate of drug-likeness (QED) is 0.231. The van der Waals surface area contributed by atoms with Crippen LogP contribution in [0.1, 0.15) is 56.5 Å². The lowest BCUT2D eigenvalue weighted by Gasteiger charge is -2.33. The number of amides is 1. The van der Waals surface area contributed by atoms with E-state index in [1.807, 2.05) is 6.07 Å². The molecule has 4 aromatic rings. The minimum atomic E-state index is -0.222. The van der Waals surface area contributed by atoms with E-state index in [9.17, 15) is 4.79 Å².